The predicted molar refractivity (Wildman–Crippen MR) is 125 cm³/mol. The van der Waals surface area contributed by atoms with E-state index in [-0.39, 0.29) is 18.0 Å². The maximum Gasteiger partial charge on any atom is 0.243 e. The van der Waals surface area contributed by atoms with Gasteiger partial charge >= 0.3 is 0 Å². The van der Waals surface area contributed by atoms with Crippen LogP contribution in [0.15, 0.2) is 77.7 Å². The quantitative estimate of drug-likeness (QED) is 0.516. The molecule has 0 aliphatic rings. The van der Waals surface area contributed by atoms with Crippen LogP contribution in [0.4, 0.5) is 5.69 Å². The summed E-state index contributed by atoms with van der Waals surface area (Å²) in [6.45, 7) is 3.68. The van der Waals surface area contributed by atoms with E-state index in [0.717, 1.165) is 23.1 Å². The average Bonchev–Trinajstić information content (AvgIpc) is 2.75. The van der Waals surface area contributed by atoms with Crippen molar-refractivity contribution in [3.63, 3.8) is 0 Å². The fourth-order valence-electron chi connectivity index (χ4n) is 3.06. The molecule has 7 heteroatoms. The van der Waals surface area contributed by atoms with Gasteiger partial charge in [-0.1, -0.05) is 60.5 Å². The third-order valence-corrected chi connectivity index (χ3v) is 6.95. The van der Waals surface area contributed by atoms with Crippen molar-refractivity contribution in [2.24, 2.45) is 0 Å². The van der Waals surface area contributed by atoms with E-state index in [1.54, 1.807) is 48.5 Å². The van der Waals surface area contributed by atoms with Crippen LogP contribution in [0.1, 0.15) is 23.6 Å². The number of halogens is 1. The first kappa shape index (κ1) is 23.0. The topological polar surface area (TPSA) is 66.5 Å². The zero-order chi connectivity index (χ0) is 22.4. The SMILES string of the molecule is CCc1ccc(NC(=O)CN(Cc2ccc(Cl)cc2)S(=O)(=O)c2ccc(C)cc2)cc1. The highest BCUT2D eigenvalue weighted by Gasteiger charge is 2.27. The van der Waals surface area contributed by atoms with Crippen molar-refractivity contribution in [2.75, 3.05) is 11.9 Å². The molecular weight excluding hydrogens is 432 g/mol. The number of aryl methyl sites for hydroxylation is 2. The minimum Gasteiger partial charge on any atom is -0.325 e. The largest absolute Gasteiger partial charge is 0.325 e. The number of nitrogens with zero attached hydrogens (tertiary/aromatic N) is 1. The first-order valence-electron chi connectivity index (χ1n) is 9.98. The molecule has 0 spiro atoms. The first-order chi connectivity index (χ1) is 14.8. The van der Waals surface area contributed by atoms with Crippen LogP contribution in [0.2, 0.25) is 5.02 Å². The van der Waals surface area contributed by atoms with Gasteiger partial charge in [0.05, 0.1) is 11.4 Å². The number of rotatable bonds is 8. The van der Waals surface area contributed by atoms with Gasteiger partial charge in [-0.3, -0.25) is 4.79 Å². The molecule has 31 heavy (non-hydrogen) atoms. The first-order valence-corrected chi connectivity index (χ1v) is 11.8. The predicted octanol–water partition coefficient (Wildman–Crippen LogP) is 5.04. The Balaban J connectivity index is 1.84. The zero-order valence-electron chi connectivity index (χ0n) is 17.5. The van der Waals surface area contributed by atoms with Gasteiger partial charge in [0, 0.05) is 17.3 Å². The Morgan fingerprint density at radius 1 is 0.903 bits per heavy atom. The highest BCUT2D eigenvalue weighted by atomic mass is 35.5. The normalized spacial score (nSPS) is 11.5. The molecule has 0 atom stereocenters. The van der Waals surface area contributed by atoms with Crippen molar-refractivity contribution in [1.82, 2.24) is 4.31 Å². The Hall–Kier alpha value is -2.67. The number of carbonyl (C=O) groups is 1. The number of carbonyl (C=O) groups excluding carboxylic acids is 1. The van der Waals surface area contributed by atoms with Crippen LogP contribution in [0.3, 0.4) is 0 Å². The molecule has 0 aliphatic carbocycles. The summed E-state index contributed by atoms with van der Waals surface area (Å²) in [7, 11) is -3.88. The van der Waals surface area contributed by atoms with Gasteiger partial charge < -0.3 is 5.32 Å². The highest BCUT2D eigenvalue weighted by molar-refractivity contribution is 7.89. The van der Waals surface area contributed by atoms with Crippen molar-refractivity contribution in [1.29, 1.82) is 0 Å². The van der Waals surface area contributed by atoms with Crippen LogP contribution in [0.25, 0.3) is 0 Å². The van der Waals surface area contributed by atoms with Crippen LogP contribution in [0, 0.1) is 6.92 Å². The third kappa shape index (κ3) is 6.17. The number of hydrogen-bond donors (Lipinski definition) is 1. The molecule has 0 aliphatic heterocycles. The molecule has 0 saturated carbocycles. The molecule has 0 aromatic heterocycles. The molecule has 0 radical (unpaired) electrons. The molecule has 0 unspecified atom stereocenters. The Labute approximate surface area is 188 Å². The van der Waals surface area contributed by atoms with E-state index in [4.69, 9.17) is 11.6 Å². The lowest BCUT2D eigenvalue weighted by atomic mass is 10.1. The van der Waals surface area contributed by atoms with Gasteiger partial charge in [0.25, 0.3) is 0 Å². The van der Waals surface area contributed by atoms with E-state index in [0.29, 0.717) is 10.7 Å². The van der Waals surface area contributed by atoms with Crippen molar-refractivity contribution in [3.05, 3.63) is 94.5 Å². The van der Waals surface area contributed by atoms with E-state index in [2.05, 4.69) is 12.2 Å². The number of hydrogen-bond acceptors (Lipinski definition) is 3. The average molecular weight is 457 g/mol. The Bertz CT molecular complexity index is 1130. The molecule has 1 amide bonds. The number of nitrogens with one attached hydrogen (secondary N) is 1. The fraction of sp³-hybridized carbons (Fsp3) is 0.208. The van der Waals surface area contributed by atoms with Crippen LogP contribution in [0.5, 0.6) is 0 Å². The van der Waals surface area contributed by atoms with E-state index in [9.17, 15) is 13.2 Å². The molecule has 3 aromatic rings. The van der Waals surface area contributed by atoms with Gasteiger partial charge in [0.15, 0.2) is 0 Å². The molecule has 0 heterocycles. The van der Waals surface area contributed by atoms with Gasteiger partial charge in [-0.25, -0.2) is 8.42 Å². The summed E-state index contributed by atoms with van der Waals surface area (Å²) in [5, 5.41) is 3.35. The Morgan fingerprint density at radius 2 is 1.48 bits per heavy atom. The number of amides is 1. The molecule has 3 aromatic carbocycles. The Morgan fingerprint density at radius 3 is 2.06 bits per heavy atom. The number of sulfonamides is 1. The van der Waals surface area contributed by atoms with Gasteiger partial charge in [-0.05, 0) is 60.9 Å². The van der Waals surface area contributed by atoms with Gasteiger partial charge in [-0.2, -0.15) is 4.31 Å². The fourth-order valence-corrected chi connectivity index (χ4v) is 4.57. The summed E-state index contributed by atoms with van der Waals surface area (Å²) in [4.78, 5) is 12.9. The molecule has 162 valence electrons. The lowest BCUT2D eigenvalue weighted by molar-refractivity contribution is -0.116. The minimum atomic E-state index is -3.88. The van der Waals surface area contributed by atoms with E-state index >= 15 is 0 Å². The van der Waals surface area contributed by atoms with Gasteiger partial charge in [-0.15, -0.1) is 0 Å². The molecule has 3 rings (SSSR count). The monoisotopic (exact) mass is 456 g/mol. The second kappa shape index (κ2) is 10.1. The molecular formula is C24H25ClN2O3S. The standard InChI is InChI=1S/C24H25ClN2O3S/c1-3-19-8-12-22(13-9-19)26-24(28)17-27(16-20-6-10-21(25)11-7-20)31(29,30)23-14-4-18(2)5-15-23/h4-15H,3,16-17H2,1-2H3,(H,26,28). The van der Waals surface area contributed by atoms with E-state index in [1.165, 1.54) is 4.31 Å². The molecule has 0 bridgehead atoms. The van der Waals surface area contributed by atoms with Gasteiger partial charge in [0.1, 0.15) is 0 Å². The van der Waals surface area contributed by atoms with Crippen molar-refractivity contribution < 1.29 is 13.2 Å². The maximum atomic E-state index is 13.3. The lowest BCUT2D eigenvalue weighted by Gasteiger charge is -2.22. The zero-order valence-corrected chi connectivity index (χ0v) is 19.1. The van der Waals surface area contributed by atoms with E-state index in [1.807, 2.05) is 31.2 Å². The summed E-state index contributed by atoms with van der Waals surface area (Å²) >= 11 is 5.95. The summed E-state index contributed by atoms with van der Waals surface area (Å²) < 4.78 is 27.8. The van der Waals surface area contributed by atoms with E-state index < -0.39 is 15.9 Å². The summed E-state index contributed by atoms with van der Waals surface area (Å²) in [6, 6.07) is 21.0. The Kier molecular flexibility index (Phi) is 7.49. The second-order valence-electron chi connectivity index (χ2n) is 7.31. The molecule has 1 N–H and O–H groups in total. The number of anilines is 1. The molecule has 5 nitrogen and oxygen atoms in total. The van der Waals surface area contributed by atoms with Crippen molar-refractivity contribution in [2.45, 2.75) is 31.7 Å². The number of benzene rings is 3. The summed E-state index contributed by atoms with van der Waals surface area (Å²) in [5.41, 5.74) is 3.47. The third-order valence-electron chi connectivity index (χ3n) is 4.90. The molecule has 0 fully saturated rings. The van der Waals surface area contributed by atoms with Crippen LogP contribution >= 0.6 is 11.6 Å². The van der Waals surface area contributed by atoms with Crippen molar-refractivity contribution in [3.8, 4) is 0 Å². The smallest absolute Gasteiger partial charge is 0.243 e. The molecule has 0 saturated heterocycles. The van der Waals surface area contributed by atoms with Crippen molar-refractivity contribution >= 4 is 33.2 Å². The minimum absolute atomic E-state index is 0.0512. The maximum absolute atomic E-state index is 13.3. The van der Waals surface area contributed by atoms with Crippen LogP contribution < -0.4 is 5.32 Å². The lowest BCUT2D eigenvalue weighted by Crippen LogP contribution is -2.37. The summed E-state index contributed by atoms with van der Waals surface area (Å²) in [6.07, 6.45) is 0.901. The van der Waals surface area contributed by atoms with Gasteiger partial charge in [0.2, 0.25) is 15.9 Å². The second-order valence-corrected chi connectivity index (χ2v) is 9.69. The highest BCUT2D eigenvalue weighted by Crippen LogP contribution is 2.20. The van der Waals surface area contributed by atoms with Crippen LogP contribution in [-0.4, -0.2) is 25.2 Å². The van der Waals surface area contributed by atoms with Crippen LogP contribution in [-0.2, 0) is 27.8 Å². The summed E-state index contributed by atoms with van der Waals surface area (Å²) in [5.74, 6) is -0.408.